The lowest BCUT2D eigenvalue weighted by Crippen LogP contribution is -2.32. The van der Waals surface area contributed by atoms with Crippen LogP contribution in [0, 0.1) is 0 Å². The van der Waals surface area contributed by atoms with Gasteiger partial charge in [-0.25, -0.2) is 0 Å². The Labute approximate surface area is 96.6 Å². The first-order valence-electron chi connectivity index (χ1n) is 5.81. The first-order chi connectivity index (χ1) is 7.85. The van der Waals surface area contributed by atoms with Gasteiger partial charge in [0.25, 0.3) is 0 Å². The van der Waals surface area contributed by atoms with E-state index < -0.39 is 0 Å². The summed E-state index contributed by atoms with van der Waals surface area (Å²) < 4.78 is 5.13. The van der Waals surface area contributed by atoms with Gasteiger partial charge in [-0.1, -0.05) is 12.1 Å². The van der Waals surface area contributed by atoms with E-state index >= 15 is 0 Å². The number of benzene rings is 1. The zero-order valence-corrected chi connectivity index (χ0v) is 9.78. The maximum Gasteiger partial charge on any atom is 0.0682 e. The van der Waals surface area contributed by atoms with Crippen LogP contribution in [0.3, 0.4) is 0 Å². The van der Waals surface area contributed by atoms with E-state index in [4.69, 9.17) is 9.84 Å². The third-order valence-electron chi connectivity index (χ3n) is 3.11. The van der Waals surface area contributed by atoms with Crippen molar-refractivity contribution in [2.45, 2.75) is 19.4 Å². The molecule has 1 N–H and O–H groups in total. The lowest BCUT2D eigenvalue weighted by Gasteiger charge is -2.31. The lowest BCUT2D eigenvalue weighted by molar-refractivity contribution is 0.205. The maximum atomic E-state index is 9.16. The second-order valence-corrected chi connectivity index (χ2v) is 4.20. The van der Waals surface area contributed by atoms with Gasteiger partial charge in [-0.2, -0.15) is 0 Å². The monoisotopic (exact) mass is 221 g/mol. The molecule has 0 amide bonds. The first kappa shape index (κ1) is 11.4. The summed E-state index contributed by atoms with van der Waals surface area (Å²) in [6, 6.07) is 6.25. The highest BCUT2D eigenvalue weighted by Crippen LogP contribution is 2.27. The first-order valence-corrected chi connectivity index (χ1v) is 5.81. The molecule has 0 radical (unpaired) electrons. The van der Waals surface area contributed by atoms with Crippen molar-refractivity contribution in [2.24, 2.45) is 0 Å². The fourth-order valence-corrected chi connectivity index (χ4v) is 2.23. The highest BCUT2D eigenvalue weighted by Gasteiger charge is 2.16. The van der Waals surface area contributed by atoms with Gasteiger partial charge >= 0.3 is 0 Å². The number of hydrogen-bond donors (Lipinski definition) is 1. The zero-order chi connectivity index (χ0) is 11.4. The molecule has 0 unspecified atom stereocenters. The van der Waals surface area contributed by atoms with E-state index in [1.165, 1.54) is 17.7 Å². The molecule has 0 saturated heterocycles. The number of aryl methyl sites for hydroxylation is 1. The van der Waals surface area contributed by atoms with Crippen molar-refractivity contribution in [3.63, 3.8) is 0 Å². The number of fused-ring (bicyclic) bond motifs is 1. The van der Waals surface area contributed by atoms with Gasteiger partial charge < -0.3 is 14.7 Å². The van der Waals surface area contributed by atoms with Crippen LogP contribution in [-0.2, 0) is 17.8 Å². The van der Waals surface area contributed by atoms with Crippen LogP contribution in [-0.4, -0.2) is 31.9 Å². The summed E-state index contributed by atoms with van der Waals surface area (Å²) in [4.78, 5) is 2.35. The molecule has 3 nitrogen and oxygen atoms in total. The van der Waals surface area contributed by atoms with Gasteiger partial charge in [0, 0.05) is 25.9 Å². The summed E-state index contributed by atoms with van der Waals surface area (Å²) in [6.07, 6.45) is 2.35. The summed E-state index contributed by atoms with van der Waals surface area (Å²) in [5.41, 5.74) is 3.65. The van der Waals surface area contributed by atoms with E-state index in [0.29, 0.717) is 0 Å². The Morgan fingerprint density at radius 3 is 3.06 bits per heavy atom. The van der Waals surface area contributed by atoms with E-state index in [0.717, 1.165) is 31.7 Å². The van der Waals surface area contributed by atoms with E-state index in [1.807, 2.05) is 6.07 Å². The minimum absolute atomic E-state index is 0.116. The van der Waals surface area contributed by atoms with Gasteiger partial charge in [0.2, 0.25) is 0 Å². The second kappa shape index (κ2) is 5.32. The van der Waals surface area contributed by atoms with E-state index in [2.05, 4.69) is 17.0 Å². The van der Waals surface area contributed by atoms with Crippen LogP contribution in [0.1, 0.15) is 17.5 Å². The number of methoxy groups -OCH3 is 1. The number of rotatable bonds is 4. The number of nitrogens with zero attached hydrogens (tertiary/aromatic N) is 1. The fraction of sp³-hybridized carbons (Fsp3) is 0.538. The van der Waals surface area contributed by atoms with Crippen LogP contribution in [0.2, 0.25) is 0 Å². The summed E-state index contributed by atoms with van der Waals surface area (Å²) in [5.74, 6) is 0. The van der Waals surface area contributed by atoms with Gasteiger partial charge in [-0.3, -0.25) is 0 Å². The fourth-order valence-electron chi connectivity index (χ4n) is 2.23. The third-order valence-corrected chi connectivity index (χ3v) is 3.11. The molecule has 1 aromatic rings. The highest BCUT2D eigenvalue weighted by molar-refractivity contribution is 5.57. The quantitative estimate of drug-likeness (QED) is 0.838. The van der Waals surface area contributed by atoms with Gasteiger partial charge in [0.05, 0.1) is 13.2 Å². The molecular weight excluding hydrogens is 202 g/mol. The van der Waals surface area contributed by atoms with Crippen LogP contribution < -0.4 is 4.90 Å². The zero-order valence-electron chi connectivity index (χ0n) is 9.78. The van der Waals surface area contributed by atoms with E-state index in [-0.39, 0.29) is 6.61 Å². The summed E-state index contributed by atoms with van der Waals surface area (Å²) in [6.45, 7) is 2.89. The normalized spacial score (nSPS) is 15.0. The molecule has 1 aliphatic rings. The van der Waals surface area contributed by atoms with Crippen LogP contribution in [0.15, 0.2) is 18.2 Å². The van der Waals surface area contributed by atoms with E-state index in [1.54, 1.807) is 7.11 Å². The molecule has 0 aliphatic carbocycles. The molecule has 3 heteroatoms. The highest BCUT2D eigenvalue weighted by atomic mass is 16.5. The van der Waals surface area contributed by atoms with Gasteiger partial charge in [0.1, 0.15) is 0 Å². The second-order valence-electron chi connectivity index (χ2n) is 4.20. The van der Waals surface area contributed by atoms with Gasteiger partial charge in [-0.05, 0) is 30.0 Å². The Balaban J connectivity index is 2.21. The summed E-state index contributed by atoms with van der Waals surface area (Å²) in [7, 11) is 1.73. The topological polar surface area (TPSA) is 32.7 Å². The predicted molar refractivity (Wildman–Crippen MR) is 64.8 cm³/mol. The standard InChI is InChI=1S/C13H19NO2/c1-16-8-7-14-6-2-3-12-5-4-11(10-15)9-13(12)14/h4-5,9,15H,2-3,6-8,10H2,1H3. The van der Waals surface area contributed by atoms with Crippen LogP contribution in [0.25, 0.3) is 0 Å². The Morgan fingerprint density at radius 2 is 2.31 bits per heavy atom. The third kappa shape index (κ3) is 2.36. The van der Waals surface area contributed by atoms with Crippen molar-refractivity contribution in [1.82, 2.24) is 0 Å². The maximum absolute atomic E-state index is 9.16. The molecule has 16 heavy (non-hydrogen) atoms. The van der Waals surface area contributed by atoms with Crippen LogP contribution in [0.4, 0.5) is 5.69 Å². The molecular formula is C13H19NO2. The van der Waals surface area contributed by atoms with Crippen LogP contribution >= 0.6 is 0 Å². The molecule has 0 spiro atoms. The smallest absolute Gasteiger partial charge is 0.0682 e. The predicted octanol–water partition coefficient (Wildman–Crippen LogP) is 1.58. The molecule has 2 rings (SSSR count). The van der Waals surface area contributed by atoms with Crippen molar-refractivity contribution in [3.8, 4) is 0 Å². The van der Waals surface area contributed by atoms with Gasteiger partial charge in [-0.15, -0.1) is 0 Å². The molecule has 0 bridgehead atoms. The number of ether oxygens (including phenoxy) is 1. The molecule has 88 valence electrons. The minimum Gasteiger partial charge on any atom is -0.392 e. The minimum atomic E-state index is 0.116. The van der Waals surface area contributed by atoms with Gasteiger partial charge in [0.15, 0.2) is 0 Å². The number of hydrogen-bond acceptors (Lipinski definition) is 3. The Bertz CT molecular complexity index is 352. The number of aliphatic hydroxyl groups is 1. The lowest BCUT2D eigenvalue weighted by atomic mass is 10.00. The Morgan fingerprint density at radius 1 is 1.44 bits per heavy atom. The average Bonchev–Trinajstić information content (AvgIpc) is 2.35. The Hall–Kier alpha value is -1.06. The molecule has 0 fully saturated rings. The molecule has 1 aliphatic heterocycles. The molecule has 0 atom stereocenters. The Kier molecular flexibility index (Phi) is 3.80. The SMILES string of the molecule is COCCN1CCCc2ccc(CO)cc21. The van der Waals surface area contributed by atoms with E-state index in [9.17, 15) is 0 Å². The summed E-state index contributed by atoms with van der Waals surface area (Å²) in [5, 5.41) is 9.16. The van der Waals surface area contributed by atoms with Crippen molar-refractivity contribution in [3.05, 3.63) is 29.3 Å². The largest absolute Gasteiger partial charge is 0.392 e. The molecule has 1 aromatic carbocycles. The summed E-state index contributed by atoms with van der Waals surface area (Å²) >= 11 is 0. The molecule has 0 aromatic heterocycles. The number of aliphatic hydroxyl groups excluding tert-OH is 1. The van der Waals surface area contributed by atoms with Crippen LogP contribution in [0.5, 0.6) is 0 Å². The van der Waals surface area contributed by atoms with Crippen molar-refractivity contribution in [1.29, 1.82) is 0 Å². The van der Waals surface area contributed by atoms with Crippen molar-refractivity contribution in [2.75, 3.05) is 31.7 Å². The molecule has 1 heterocycles. The average molecular weight is 221 g/mol. The number of anilines is 1. The van der Waals surface area contributed by atoms with Crippen molar-refractivity contribution >= 4 is 5.69 Å². The van der Waals surface area contributed by atoms with Crippen molar-refractivity contribution < 1.29 is 9.84 Å². The molecule has 0 saturated carbocycles.